The summed E-state index contributed by atoms with van der Waals surface area (Å²) in [5, 5.41) is 13.4. The number of benzene rings is 1. The van der Waals surface area contributed by atoms with Crippen LogP contribution in [0.15, 0.2) is 28.7 Å². The molecule has 1 aromatic rings. The molecule has 0 saturated carbocycles. The van der Waals surface area contributed by atoms with Crippen molar-refractivity contribution >= 4 is 15.9 Å². The molecular formula is C15H24BrNO. The maximum atomic E-state index is 10.1. The van der Waals surface area contributed by atoms with E-state index in [0.29, 0.717) is 17.9 Å². The van der Waals surface area contributed by atoms with Gasteiger partial charge in [-0.3, -0.25) is 0 Å². The fraction of sp³-hybridized carbons (Fsp3) is 0.600. The highest BCUT2D eigenvalue weighted by molar-refractivity contribution is 9.10. The van der Waals surface area contributed by atoms with Crippen molar-refractivity contribution in [3.05, 3.63) is 34.3 Å². The lowest BCUT2D eigenvalue weighted by molar-refractivity contribution is 0.166. The summed E-state index contributed by atoms with van der Waals surface area (Å²) in [7, 11) is 0. The highest BCUT2D eigenvalue weighted by Crippen LogP contribution is 2.24. The van der Waals surface area contributed by atoms with Crippen LogP contribution < -0.4 is 5.32 Å². The van der Waals surface area contributed by atoms with Gasteiger partial charge in [-0.2, -0.15) is 0 Å². The molecule has 0 aliphatic heterocycles. The Bertz CT molecular complexity index is 373. The third-order valence-corrected chi connectivity index (χ3v) is 3.99. The van der Waals surface area contributed by atoms with E-state index in [1.54, 1.807) is 0 Å². The minimum Gasteiger partial charge on any atom is -0.387 e. The zero-order chi connectivity index (χ0) is 13.8. The Morgan fingerprint density at radius 3 is 2.50 bits per heavy atom. The van der Waals surface area contributed by atoms with Gasteiger partial charge >= 0.3 is 0 Å². The molecular weight excluding hydrogens is 290 g/mol. The third-order valence-electron chi connectivity index (χ3n) is 3.50. The van der Waals surface area contributed by atoms with Gasteiger partial charge in [0.15, 0.2) is 0 Å². The van der Waals surface area contributed by atoms with Crippen molar-refractivity contribution in [2.45, 2.75) is 33.8 Å². The molecule has 0 amide bonds. The predicted molar refractivity (Wildman–Crippen MR) is 80.6 cm³/mol. The topological polar surface area (TPSA) is 32.3 Å². The largest absolute Gasteiger partial charge is 0.387 e. The standard InChI is InChI=1S/C15H24BrNO/c1-11(15(2,3)4)9-17-10-14(18)12-6-5-7-13(16)8-12/h5-8,11,14,17-18H,9-10H2,1-4H3. The SMILES string of the molecule is CC(CNCC(O)c1cccc(Br)c1)C(C)(C)C. The van der Waals surface area contributed by atoms with Crippen LogP contribution in [0.2, 0.25) is 0 Å². The molecule has 1 rings (SSSR count). The minimum atomic E-state index is -0.449. The van der Waals surface area contributed by atoms with E-state index in [2.05, 4.69) is 48.9 Å². The number of rotatable bonds is 5. The summed E-state index contributed by atoms with van der Waals surface area (Å²) >= 11 is 3.42. The zero-order valence-electron chi connectivity index (χ0n) is 11.7. The van der Waals surface area contributed by atoms with Crippen molar-refractivity contribution in [2.24, 2.45) is 11.3 Å². The highest BCUT2D eigenvalue weighted by Gasteiger charge is 2.19. The molecule has 18 heavy (non-hydrogen) atoms. The van der Waals surface area contributed by atoms with E-state index in [1.807, 2.05) is 24.3 Å². The number of aliphatic hydroxyl groups excluding tert-OH is 1. The number of hydrogen-bond donors (Lipinski definition) is 2. The van der Waals surface area contributed by atoms with Crippen LogP contribution in [0.4, 0.5) is 0 Å². The van der Waals surface area contributed by atoms with Crippen molar-refractivity contribution in [3.8, 4) is 0 Å². The number of aliphatic hydroxyl groups is 1. The van der Waals surface area contributed by atoms with Crippen LogP contribution in [0.5, 0.6) is 0 Å². The van der Waals surface area contributed by atoms with Crippen molar-refractivity contribution < 1.29 is 5.11 Å². The molecule has 0 aliphatic rings. The summed E-state index contributed by atoms with van der Waals surface area (Å²) < 4.78 is 1.00. The van der Waals surface area contributed by atoms with Gasteiger partial charge in [0.2, 0.25) is 0 Å². The summed E-state index contributed by atoms with van der Waals surface area (Å²) in [4.78, 5) is 0. The van der Waals surface area contributed by atoms with Gasteiger partial charge in [-0.15, -0.1) is 0 Å². The zero-order valence-corrected chi connectivity index (χ0v) is 13.3. The van der Waals surface area contributed by atoms with Crippen LogP contribution in [0.3, 0.4) is 0 Å². The molecule has 1 aromatic carbocycles. The van der Waals surface area contributed by atoms with Crippen LogP contribution in [-0.4, -0.2) is 18.2 Å². The minimum absolute atomic E-state index is 0.299. The lowest BCUT2D eigenvalue weighted by atomic mass is 9.82. The summed E-state index contributed by atoms with van der Waals surface area (Å²) in [5.74, 6) is 0.576. The Morgan fingerprint density at radius 1 is 1.28 bits per heavy atom. The van der Waals surface area contributed by atoms with Gasteiger partial charge in [-0.05, 0) is 35.6 Å². The Hall–Kier alpha value is -0.380. The van der Waals surface area contributed by atoms with Crippen molar-refractivity contribution in [1.82, 2.24) is 5.32 Å². The second-order valence-corrected chi connectivity index (χ2v) is 6.91. The van der Waals surface area contributed by atoms with Gasteiger partial charge in [-0.1, -0.05) is 55.8 Å². The first-order chi connectivity index (χ1) is 8.30. The maximum absolute atomic E-state index is 10.1. The van der Waals surface area contributed by atoms with Crippen LogP contribution in [-0.2, 0) is 0 Å². The average Bonchev–Trinajstić information content (AvgIpc) is 2.27. The second kappa shape index (κ2) is 6.69. The first-order valence-electron chi connectivity index (χ1n) is 6.45. The molecule has 3 heteroatoms. The second-order valence-electron chi connectivity index (χ2n) is 6.00. The quantitative estimate of drug-likeness (QED) is 0.867. The highest BCUT2D eigenvalue weighted by atomic mass is 79.9. The Kier molecular flexibility index (Phi) is 5.83. The number of halogens is 1. The van der Waals surface area contributed by atoms with Crippen molar-refractivity contribution in [3.63, 3.8) is 0 Å². The normalized spacial score (nSPS) is 15.4. The van der Waals surface area contributed by atoms with Gasteiger partial charge in [0, 0.05) is 11.0 Å². The summed E-state index contributed by atoms with van der Waals surface area (Å²) in [5.41, 5.74) is 1.24. The fourth-order valence-corrected chi connectivity index (χ4v) is 1.99. The Balaban J connectivity index is 2.40. The molecule has 2 N–H and O–H groups in total. The van der Waals surface area contributed by atoms with Crippen molar-refractivity contribution in [1.29, 1.82) is 0 Å². The van der Waals surface area contributed by atoms with E-state index < -0.39 is 6.10 Å². The summed E-state index contributed by atoms with van der Waals surface area (Å²) in [6, 6.07) is 7.82. The van der Waals surface area contributed by atoms with E-state index in [9.17, 15) is 5.11 Å². The van der Waals surface area contributed by atoms with E-state index in [1.165, 1.54) is 0 Å². The molecule has 0 fully saturated rings. The molecule has 0 saturated heterocycles. The molecule has 0 bridgehead atoms. The van der Waals surface area contributed by atoms with E-state index in [-0.39, 0.29) is 0 Å². The van der Waals surface area contributed by atoms with Gasteiger partial charge in [0.1, 0.15) is 0 Å². The molecule has 0 aromatic heterocycles. The van der Waals surface area contributed by atoms with Gasteiger partial charge < -0.3 is 10.4 Å². The monoisotopic (exact) mass is 313 g/mol. The summed E-state index contributed by atoms with van der Waals surface area (Å²) in [6.07, 6.45) is -0.449. The van der Waals surface area contributed by atoms with Crippen LogP contribution in [0.25, 0.3) is 0 Å². The van der Waals surface area contributed by atoms with Gasteiger partial charge in [0.05, 0.1) is 6.10 Å². The molecule has 2 nitrogen and oxygen atoms in total. The molecule has 2 unspecified atom stereocenters. The van der Waals surface area contributed by atoms with E-state index >= 15 is 0 Å². The van der Waals surface area contributed by atoms with Crippen LogP contribution in [0.1, 0.15) is 39.4 Å². The Morgan fingerprint density at radius 2 is 1.94 bits per heavy atom. The van der Waals surface area contributed by atoms with E-state index in [4.69, 9.17) is 0 Å². The lowest BCUT2D eigenvalue weighted by Gasteiger charge is -2.27. The van der Waals surface area contributed by atoms with Gasteiger partial charge in [-0.25, -0.2) is 0 Å². The third kappa shape index (κ3) is 5.09. The Labute approximate surface area is 119 Å². The molecule has 0 radical (unpaired) electrons. The predicted octanol–water partition coefficient (Wildman–Crippen LogP) is 3.75. The van der Waals surface area contributed by atoms with E-state index in [0.717, 1.165) is 16.6 Å². The molecule has 2 atom stereocenters. The maximum Gasteiger partial charge on any atom is 0.0914 e. The molecule has 0 spiro atoms. The van der Waals surface area contributed by atoms with Crippen molar-refractivity contribution in [2.75, 3.05) is 13.1 Å². The molecule has 0 heterocycles. The number of nitrogens with one attached hydrogen (secondary N) is 1. The molecule has 0 aliphatic carbocycles. The first-order valence-corrected chi connectivity index (χ1v) is 7.24. The number of hydrogen-bond acceptors (Lipinski definition) is 2. The molecule has 102 valence electrons. The van der Waals surface area contributed by atoms with Gasteiger partial charge in [0.25, 0.3) is 0 Å². The lowest BCUT2D eigenvalue weighted by Crippen LogP contribution is -2.32. The van der Waals surface area contributed by atoms with Crippen LogP contribution >= 0.6 is 15.9 Å². The summed E-state index contributed by atoms with van der Waals surface area (Å²) in [6.45, 7) is 10.5. The fourth-order valence-electron chi connectivity index (χ4n) is 1.57. The smallest absolute Gasteiger partial charge is 0.0914 e. The average molecular weight is 314 g/mol. The first kappa shape index (κ1) is 15.7. The van der Waals surface area contributed by atoms with Crippen LogP contribution in [0, 0.1) is 11.3 Å².